The monoisotopic (exact) mass is 222 g/mol. The fraction of sp³-hybridized carbons (Fsp3) is 0.538. The smallest absolute Gasteiger partial charge is 0.0447 e. The number of hydrogen-bond donors (Lipinski definition) is 3. The summed E-state index contributed by atoms with van der Waals surface area (Å²) in [5.41, 5.74) is 8.15. The number of nitrogens with one attached hydrogen (secondary N) is 1. The van der Waals surface area contributed by atoms with Crippen molar-refractivity contribution in [1.82, 2.24) is 0 Å². The van der Waals surface area contributed by atoms with Crippen molar-refractivity contribution in [2.75, 3.05) is 18.5 Å². The summed E-state index contributed by atoms with van der Waals surface area (Å²) >= 11 is 0. The second-order valence-corrected chi connectivity index (χ2v) is 4.22. The van der Waals surface area contributed by atoms with Crippen LogP contribution in [-0.2, 0) is 6.42 Å². The molecule has 0 heterocycles. The molecule has 0 aromatic heterocycles. The molecule has 1 atom stereocenters. The number of aliphatic hydroxyl groups excluding tert-OH is 1. The van der Waals surface area contributed by atoms with Crippen LogP contribution in [0.2, 0.25) is 0 Å². The summed E-state index contributed by atoms with van der Waals surface area (Å²) in [5, 5.41) is 11.9. The lowest BCUT2D eigenvalue weighted by atomic mass is 10.1. The Bertz CT molecular complexity index is 282. The van der Waals surface area contributed by atoms with Crippen molar-refractivity contribution in [3.05, 3.63) is 29.8 Å². The van der Waals surface area contributed by atoms with Crippen molar-refractivity contribution < 1.29 is 5.11 Å². The summed E-state index contributed by atoms with van der Waals surface area (Å²) < 4.78 is 0. The lowest BCUT2D eigenvalue weighted by Crippen LogP contribution is -2.15. The summed E-state index contributed by atoms with van der Waals surface area (Å²) in [5.74, 6) is 0. The molecule has 16 heavy (non-hydrogen) atoms. The Morgan fingerprint density at radius 3 is 2.56 bits per heavy atom. The average molecular weight is 222 g/mol. The fourth-order valence-electron chi connectivity index (χ4n) is 1.50. The number of aliphatic hydroxyl groups is 1. The summed E-state index contributed by atoms with van der Waals surface area (Å²) in [6, 6.07) is 8.68. The maximum absolute atomic E-state index is 8.66. The Balaban J connectivity index is 2.35. The normalized spacial score (nSPS) is 12.4. The minimum Gasteiger partial charge on any atom is -0.396 e. The van der Waals surface area contributed by atoms with E-state index in [0.717, 1.165) is 31.5 Å². The molecule has 90 valence electrons. The Morgan fingerprint density at radius 1 is 1.31 bits per heavy atom. The molecule has 0 spiro atoms. The van der Waals surface area contributed by atoms with Crippen LogP contribution in [0.4, 0.5) is 5.69 Å². The topological polar surface area (TPSA) is 58.3 Å². The van der Waals surface area contributed by atoms with Crippen LogP contribution in [0.3, 0.4) is 0 Å². The Hall–Kier alpha value is -1.06. The van der Waals surface area contributed by atoms with Crippen LogP contribution in [0.15, 0.2) is 24.3 Å². The van der Waals surface area contributed by atoms with E-state index in [2.05, 4.69) is 29.6 Å². The van der Waals surface area contributed by atoms with Crippen LogP contribution < -0.4 is 11.1 Å². The van der Waals surface area contributed by atoms with Gasteiger partial charge in [0.1, 0.15) is 0 Å². The van der Waals surface area contributed by atoms with Gasteiger partial charge in [-0.3, -0.25) is 0 Å². The van der Waals surface area contributed by atoms with Crippen LogP contribution in [0.5, 0.6) is 0 Å². The summed E-state index contributed by atoms with van der Waals surface area (Å²) in [4.78, 5) is 0. The molecule has 0 aliphatic heterocycles. The van der Waals surface area contributed by atoms with Crippen molar-refractivity contribution >= 4 is 5.69 Å². The molecule has 0 aliphatic carbocycles. The van der Waals surface area contributed by atoms with E-state index in [4.69, 9.17) is 10.8 Å². The lowest BCUT2D eigenvalue weighted by molar-refractivity contribution is 0.292. The van der Waals surface area contributed by atoms with Gasteiger partial charge in [0.15, 0.2) is 0 Å². The molecule has 0 saturated heterocycles. The highest BCUT2D eigenvalue weighted by atomic mass is 16.3. The molecule has 3 nitrogen and oxygen atoms in total. The minimum atomic E-state index is 0.236. The molecule has 0 bridgehead atoms. The predicted octanol–water partition coefficient (Wildman–Crippen LogP) is 1.76. The number of anilines is 1. The minimum absolute atomic E-state index is 0.236. The molecule has 0 radical (unpaired) electrons. The van der Waals surface area contributed by atoms with E-state index < -0.39 is 0 Å². The van der Waals surface area contributed by atoms with Crippen molar-refractivity contribution in [3.63, 3.8) is 0 Å². The first-order valence-corrected chi connectivity index (χ1v) is 5.91. The van der Waals surface area contributed by atoms with E-state index in [1.807, 2.05) is 6.92 Å². The fourth-order valence-corrected chi connectivity index (χ4v) is 1.50. The molecule has 1 rings (SSSR count). The molecule has 0 amide bonds. The summed E-state index contributed by atoms with van der Waals surface area (Å²) in [6.07, 6.45) is 2.85. The SMILES string of the molecule is CC(N)CCc1ccc(NCCCO)cc1. The van der Waals surface area contributed by atoms with E-state index in [-0.39, 0.29) is 12.6 Å². The zero-order valence-electron chi connectivity index (χ0n) is 9.95. The van der Waals surface area contributed by atoms with E-state index in [1.165, 1.54) is 5.56 Å². The molecule has 3 heteroatoms. The van der Waals surface area contributed by atoms with Crippen LogP contribution in [0, 0.1) is 0 Å². The molecule has 0 saturated carbocycles. The molecule has 1 aromatic rings. The first-order valence-electron chi connectivity index (χ1n) is 5.91. The van der Waals surface area contributed by atoms with Crippen LogP contribution in [-0.4, -0.2) is 24.3 Å². The number of aryl methyl sites for hydroxylation is 1. The molecule has 0 aliphatic rings. The van der Waals surface area contributed by atoms with Crippen LogP contribution in [0.1, 0.15) is 25.3 Å². The van der Waals surface area contributed by atoms with Gasteiger partial charge in [0.2, 0.25) is 0 Å². The summed E-state index contributed by atoms with van der Waals surface area (Å²) in [6.45, 7) is 3.08. The van der Waals surface area contributed by atoms with Gasteiger partial charge in [-0.2, -0.15) is 0 Å². The van der Waals surface area contributed by atoms with E-state index >= 15 is 0 Å². The first-order chi connectivity index (χ1) is 7.72. The van der Waals surface area contributed by atoms with Gasteiger partial charge in [-0.15, -0.1) is 0 Å². The third kappa shape index (κ3) is 5.14. The third-order valence-corrected chi connectivity index (χ3v) is 2.51. The maximum atomic E-state index is 8.66. The summed E-state index contributed by atoms with van der Waals surface area (Å²) in [7, 11) is 0. The second kappa shape index (κ2) is 7.25. The molecule has 1 unspecified atom stereocenters. The molecular formula is C13H22N2O. The quantitative estimate of drug-likeness (QED) is 0.616. The second-order valence-electron chi connectivity index (χ2n) is 4.22. The van der Waals surface area contributed by atoms with Gasteiger partial charge in [0, 0.05) is 24.9 Å². The first kappa shape index (κ1) is 13.0. The molecule has 4 N–H and O–H groups in total. The highest BCUT2D eigenvalue weighted by Crippen LogP contribution is 2.11. The van der Waals surface area contributed by atoms with Gasteiger partial charge >= 0.3 is 0 Å². The van der Waals surface area contributed by atoms with Crippen LogP contribution >= 0.6 is 0 Å². The third-order valence-electron chi connectivity index (χ3n) is 2.51. The number of benzene rings is 1. The molecule has 1 aromatic carbocycles. The highest BCUT2D eigenvalue weighted by Gasteiger charge is 1.97. The van der Waals surface area contributed by atoms with Gasteiger partial charge < -0.3 is 16.2 Å². The van der Waals surface area contributed by atoms with E-state index in [9.17, 15) is 0 Å². The Morgan fingerprint density at radius 2 is 2.00 bits per heavy atom. The maximum Gasteiger partial charge on any atom is 0.0447 e. The van der Waals surface area contributed by atoms with Gasteiger partial charge in [-0.05, 0) is 43.9 Å². The van der Waals surface area contributed by atoms with E-state index in [1.54, 1.807) is 0 Å². The number of nitrogens with two attached hydrogens (primary N) is 1. The van der Waals surface area contributed by atoms with Gasteiger partial charge in [-0.1, -0.05) is 12.1 Å². The lowest BCUT2D eigenvalue weighted by Gasteiger charge is -2.08. The van der Waals surface area contributed by atoms with Crippen LogP contribution in [0.25, 0.3) is 0 Å². The predicted molar refractivity (Wildman–Crippen MR) is 68.6 cm³/mol. The standard InChI is InChI=1S/C13H22N2O/c1-11(14)3-4-12-5-7-13(8-6-12)15-9-2-10-16/h5-8,11,15-16H,2-4,9-10,14H2,1H3. The van der Waals surface area contributed by atoms with Gasteiger partial charge in [0.05, 0.1) is 0 Å². The average Bonchev–Trinajstić information content (AvgIpc) is 2.28. The van der Waals surface area contributed by atoms with Crippen molar-refractivity contribution in [2.24, 2.45) is 5.73 Å². The van der Waals surface area contributed by atoms with Gasteiger partial charge in [-0.25, -0.2) is 0 Å². The zero-order valence-corrected chi connectivity index (χ0v) is 9.95. The van der Waals surface area contributed by atoms with Crippen molar-refractivity contribution in [3.8, 4) is 0 Å². The molecular weight excluding hydrogens is 200 g/mol. The number of hydrogen-bond acceptors (Lipinski definition) is 3. The van der Waals surface area contributed by atoms with Crippen molar-refractivity contribution in [2.45, 2.75) is 32.2 Å². The zero-order chi connectivity index (χ0) is 11.8. The highest BCUT2D eigenvalue weighted by molar-refractivity contribution is 5.44. The van der Waals surface area contributed by atoms with Gasteiger partial charge in [0.25, 0.3) is 0 Å². The Kier molecular flexibility index (Phi) is 5.90. The molecule has 0 fully saturated rings. The number of rotatable bonds is 7. The van der Waals surface area contributed by atoms with E-state index in [0.29, 0.717) is 0 Å². The van der Waals surface area contributed by atoms with Crippen molar-refractivity contribution in [1.29, 1.82) is 0 Å². The Labute approximate surface area is 97.7 Å². The largest absolute Gasteiger partial charge is 0.396 e.